The van der Waals surface area contributed by atoms with E-state index in [9.17, 15) is 4.79 Å². The number of aromatic amines is 1. The Morgan fingerprint density at radius 3 is 2.83 bits per heavy atom. The number of rotatable bonds is 4. The minimum absolute atomic E-state index is 0.0819. The normalized spacial score (nSPS) is 21.8. The van der Waals surface area contributed by atoms with Crippen molar-refractivity contribution in [3.8, 4) is 17.1 Å². The van der Waals surface area contributed by atoms with Crippen molar-refractivity contribution in [3.63, 3.8) is 0 Å². The summed E-state index contributed by atoms with van der Waals surface area (Å²) in [5.41, 5.74) is 3.39. The molecule has 4 heterocycles. The fourth-order valence-electron chi connectivity index (χ4n) is 4.43. The number of carbonyl (C=O) groups excluding carboxylic acids is 1. The van der Waals surface area contributed by atoms with Crippen LogP contribution < -0.4 is 15.0 Å². The molecule has 0 radical (unpaired) electrons. The van der Waals surface area contributed by atoms with E-state index in [2.05, 4.69) is 26.6 Å². The number of aromatic nitrogens is 3. The summed E-state index contributed by atoms with van der Waals surface area (Å²) in [5, 5.41) is 11.9. The van der Waals surface area contributed by atoms with Crippen molar-refractivity contribution >= 4 is 22.5 Å². The Labute approximate surface area is 169 Å². The van der Waals surface area contributed by atoms with E-state index in [4.69, 9.17) is 4.74 Å². The third-order valence-electron chi connectivity index (χ3n) is 5.98. The molecule has 0 bridgehead atoms. The number of pyridine rings is 1. The highest BCUT2D eigenvalue weighted by Crippen LogP contribution is 2.40. The quantitative estimate of drug-likeness (QED) is 0.714. The van der Waals surface area contributed by atoms with E-state index in [1.165, 1.54) is 0 Å². The highest BCUT2D eigenvalue weighted by atomic mass is 16.5. The van der Waals surface area contributed by atoms with Crippen LogP contribution in [-0.4, -0.2) is 46.8 Å². The Hall–Kier alpha value is -2.93. The molecule has 2 aliphatic heterocycles. The number of benzene rings is 1. The van der Waals surface area contributed by atoms with Crippen LogP contribution in [0.4, 0.5) is 5.69 Å². The molecule has 3 aromatic rings. The highest BCUT2D eigenvalue weighted by molar-refractivity contribution is 6.03. The average Bonchev–Trinajstić information content (AvgIpc) is 3.43. The van der Waals surface area contributed by atoms with Crippen LogP contribution in [0.2, 0.25) is 0 Å². The topological polar surface area (TPSA) is 83.1 Å². The summed E-state index contributed by atoms with van der Waals surface area (Å²) in [6.45, 7) is 6.43. The number of hydrogen-bond acceptors (Lipinski definition) is 5. The van der Waals surface area contributed by atoms with Crippen molar-refractivity contribution in [1.82, 2.24) is 20.5 Å². The first-order valence-electron chi connectivity index (χ1n) is 10.2. The molecule has 1 unspecified atom stereocenters. The van der Waals surface area contributed by atoms with Gasteiger partial charge in [0.1, 0.15) is 5.69 Å². The first kappa shape index (κ1) is 18.1. The van der Waals surface area contributed by atoms with E-state index in [-0.39, 0.29) is 17.4 Å². The molecule has 5 rings (SSSR count). The monoisotopic (exact) mass is 391 g/mol. The third kappa shape index (κ3) is 3.06. The summed E-state index contributed by atoms with van der Waals surface area (Å²) in [4.78, 5) is 19.4. The summed E-state index contributed by atoms with van der Waals surface area (Å²) >= 11 is 0. The van der Waals surface area contributed by atoms with E-state index >= 15 is 0 Å². The Morgan fingerprint density at radius 1 is 1.21 bits per heavy atom. The average molecular weight is 391 g/mol. The predicted molar refractivity (Wildman–Crippen MR) is 112 cm³/mol. The Morgan fingerprint density at radius 2 is 2.10 bits per heavy atom. The van der Waals surface area contributed by atoms with E-state index in [0.717, 1.165) is 60.3 Å². The zero-order chi connectivity index (χ0) is 20.0. The van der Waals surface area contributed by atoms with E-state index < -0.39 is 0 Å². The second-order valence-electron chi connectivity index (χ2n) is 8.27. The van der Waals surface area contributed by atoms with Crippen molar-refractivity contribution in [2.45, 2.75) is 32.8 Å². The highest BCUT2D eigenvalue weighted by Gasteiger charge is 2.48. The van der Waals surface area contributed by atoms with Crippen LogP contribution in [-0.2, 0) is 4.79 Å². The van der Waals surface area contributed by atoms with E-state index in [0.29, 0.717) is 5.88 Å². The molecule has 7 nitrogen and oxygen atoms in total. The number of hydrogen-bond donors (Lipinski definition) is 2. The van der Waals surface area contributed by atoms with Gasteiger partial charge in [0.25, 0.3) is 0 Å². The van der Waals surface area contributed by atoms with Crippen LogP contribution in [0.3, 0.4) is 0 Å². The molecule has 2 aromatic heterocycles. The van der Waals surface area contributed by atoms with Crippen LogP contribution in [0.25, 0.3) is 22.2 Å². The number of ether oxygens (including phenoxy) is 1. The number of fused-ring (bicyclic) bond motifs is 1. The number of nitrogens with one attached hydrogen (secondary N) is 2. The lowest BCUT2D eigenvalue weighted by Gasteiger charge is -2.22. The SMILES string of the molecule is CC(C)Oc1ccc(-c2n[nH]c3ccc(N4CCC5(CCNC5)C4=O)cc23)cn1. The van der Waals surface area contributed by atoms with Crippen molar-refractivity contribution in [1.29, 1.82) is 0 Å². The van der Waals surface area contributed by atoms with Crippen LogP contribution in [0.15, 0.2) is 36.5 Å². The third-order valence-corrected chi connectivity index (χ3v) is 5.98. The first-order chi connectivity index (χ1) is 14.1. The number of nitrogens with zero attached hydrogens (tertiary/aromatic N) is 3. The minimum atomic E-state index is -0.218. The van der Waals surface area contributed by atoms with E-state index in [1.807, 2.05) is 43.0 Å². The molecular weight excluding hydrogens is 366 g/mol. The molecule has 1 spiro atoms. The van der Waals surface area contributed by atoms with Gasteiger partial charge in [0.2, 0.25) is 11.8 Å². The maximum atomic E-state index is 13.1. The molecule has 1 aromatic carbocycles. The molecule has 2 aliphatic rings. The molecule has 1 atom stereocenters. The van der Waals surface area contributed by atoms with Gasteiger partial charge in [-0.2, -0.15) is 5.10 Å². The van der Waals surface area contributed by atoms with E-state index in [1.54, 1.807) is 6.20 Å². The molecule has 0 aliphatic carbocycles. The van der Waals surface area contributed by atoms with Crippen molar-refractivity contribution in [2.24, 2.45) is 5.41 Å². The molecule has 150 valence electrons. The number of H-pyrrole nitrogens is 1. The van der Waals surface area contributed by atoms with Gasteiger partial charge < -0.3 is 15.0 Å². The van der Waals surface area contributed by atoms with Gasteiger partial charge in [-0.3, -0.25) is 9.89 Å². The maximum Gasteiger partial charge on any atom is 0.234 e. The summed E-state index contributed by atoms with van der Waals surface area (Å²) in [5.74, 6) is 0.839. The summed E-state index contributed by atoms with van der Waals surface area (Å²) in [6.07, 6.45) is 3.70. The molecule has 29 heavy (non-hydrogen) atoms. The molecule has 0 saturated carbocycles. The minimum Gasteiger partial charge on any atom is -0.475 e. The molecular formula is C22H25N5O2. The summed E-state index contributed by atoms with van der Waals surface area (Å²) in [6, 6.07) is 9.89. The molecule has 2 fully saturated rings. The number of amides is 1. The summed E-state index contributed by atoms with van der Waals surface area (Å²) < 4.78 is 5.63. The zero-order valence-corrected chi connectivity index (χ0v) is 16.7. The van der Waals surface area contributed by atoms with Gasteiger partial charge in [-0.05, 0) is 57.5 Å². The van der Waals surface area contributed by atoms with Gasteiger partial charge in [0.15, 0.2) is 0 Å². The standard InChI is InChI=1S/C22H25N5O2/c1-14(2)29-19-6-3-15(12-24-19)20-17-11-16(4-5-18(17)25-26-20)27-10-8-22(21(27)28)7-9-23-13-22/h3-6,11-12,14,23H,7-10,13H2,1-2H3,(H,25,26). The maximum absolute atomic E-state index is 13.1. The first-order valence-corrected chi connectivity index (χ1v) is 10.2. The van der Waals surface area contributed by atoms with Gasteiger partial charge in [-0.1, -0.05) is 0 Å². The Bertz CT molecular complexity index is 1050. The smallest absolute Gasteiger partial charge is 0.234 e. The van der Waals surface area contributed by atoms with Crippen molar-refractivity contribution < 1.29 is 9.53 Å². The molecule has 2 saturated heterocycles. The molecule has 7 heteroatoms. The fourth-order valence-corrected chi connectivity index (χ4v) is 4.43. The van der Waals surface area contributed by atoms with Gasteiger partial charge in [0, 0.05) is 42.0 Å². The number of carbonyl (C=O) groups is 1. The lowest BCUT2D eigenvalue weighted by molar-refractivity contribution is -0.124. The van der Waals surface area contributed by atoms with Gasteiger partial charge in [0.05, 0.1) is 17.0 Å². The van der Waals surface area contributed by atoms with Crippen molar-refractivity contribution in [3.05, 3.63) is 36.5 Å². The number of anilines is 1. The lowest BCUT2D eigenvalue weighted by Crippen LogP contribution is -2.36. The zero-order valence-electron chi connectivity index (χ0n) is 16.7. The fraction of sp³-hybridized carbons (Fsp3) is 0.409. The molecule has 1 amide bonds. The van der Waals surface area contributed by atoms with Crippen LogP contribution in [0.1, 0.15) is 26.7 Å². The predicted octanol–water partition coefficient (Wildman–Crippen LogP) is 3.13. The summed E-state index contributed by atoms with van der Waals surface area (Å²) in [7, 11) is 0. The second-order valence-corrected chi connectivity index (χ2v) is 8.27. The molecule has 2 N–H and O–H groups in total. The van der Waals surface area contributed by atoms with Gasteiger partial charge in [-0.15, -0.1) is 0 Å². The van der Waals surface area contributed by atoms with Crippen LogP contribution in [0, 0.1) is 5.41 Å². The van der Waals surface area contributed by atoms with Crippen LogP contribution >= 0.6 is 0 Å². The lowest BCUT2D eigenvalue weighted by atomic mass is 9.86. The van der Waals surface area contributed by atoms with Gasteiger partial charge >= 0.3 is 0 Å². The second kappa shape index (κ2) is 6.84. The van der Waals surface area contributed by atoms with Gasteiger partial charge in [-0.25, -0.2) is 4.98 Å². The largest absolute Gasteiger partial charge is 0.475 e. The Kier molecular flexibility index (Phi) is 4.28. The van der Waals surface area contributed by atoms with Crippen LogP contribution in [0.5, 0.6) is 5.88 Å². The van der Waals surface area contributed by atoms with Crippen molar-refractivity contribution in [2.75, 3.05) is 24.5 Å². The Balaban J connectivity index is 1.47.